The minimum atomic E-state index is -4.57. The molecule has 1 atom stereocenters. The van der Waals surface area contributed by atoms with Gasteiger partial charge in [0.25, 0.3) is 5.91 Å². The van der Waals surface area contributed by atoms with Crippen molar-refractivity contribution in [2.75, 3.05) is 72.5 Å². The molecule has 1 amide bonds. The number of pyridine rings is 2. The molecule has 1 unspecified atom stereocenters. The zero-order valence-electron chi connectivity index (χ0n) is 21.9. The molecule has 0 spiro atoms. The summed E-state index contributed by atoms with van der Waals surface area (Å²) in [6.07, 6.45) is 3.15. The number of aromatic nitrogens is 3. The Morgan fingerprint density at radius 3 is 2.60 bits per heavy atom. The Bertz CT molecular complexity index is 1420. The molecular formula is C25H32N7O6PS. The summed E-state index contributed by atoms with van der Waals surface area (Å²) < 4.78 is 22.4. The Labute approximate surface area is 235 Å². The van der Waals surface area contributed by atoms with Crippen molar-refractivity contribution in [1.82, 2.24) is 15.0 Å². The van der Waals surface area contributed by atoms with Crippen molar-refractivity contribution in [1.29, 1.82) is 0 Å². The predicted octanol–water partition coefficient (Wildman–Crippen LogP) is 2.85. The van der Waals surface area contributed by atoms with Crippen molar-refractivity contribution < 1.29 is 28.4 Å². The summed E-state index contributed by atoms with van der Waals surface area (Å²) in [7, 11) is -4.57. The number of thiazole rings is 1. The van der Waals surface area contributed by atoms with Crippen LogP contribution in [0.3, 0.4) is 0 Å². The second-order valence-electron chi connectivity index (χ2n) is 10.1. The van der Waals surface area contributed by atoms with Gasteiger partial charge in [0.15, 0.2) is 16.6 Å². The smallest absolute Gasteiger partial charge is 0.378 e. The van der Waals surface area contributed by atoms with E-state index in [1.54, 1.807) is 29.5 Å². The molecule has 3 saturated heterocycles. The molecular weight excluding hydrogens is 557 g/mol. The first kappa shape index (κ1) is 27.3. The number of carbonyl (C=O) groups excluding carboxylic acids is 1. The van der Waals surface area contributed by atoms with E-state index in [1.165, 1.54) is 6.42 Å². The summed E-state index contributed by atoms with van der Waals surface area (Å²) in [4.78, 5) is 52.3. The van der Waals surface area contributed by atoms with Crippen molar-refractivity contribution in [2.24, 2.45) is 0 Å². The van der Waals surface area contributed by atoms with Crippen LogP contribution in [0.15, 0.2) is 24.3 Å². The maximum absolute atomic E-state index is 13.5. The molecule has 214 valence electrons. The Morgan fingerprint density at radius 1 is 1.02 bits per heavy atom. The molecule has 3 N–H and O–H groups in total. The molecule has 3 fully saturated rings. The topological polar surface area (TPSA) is 153 Å². The maximum Gasteiger partial charge on any atom is 0.469 e. The molecule has 3 aliphatic rings. The third-order valence-electron chi connectivity index (χ3n) is 7.26. The SMILES string of the molecule is O=C(Nc1cc2sc(N3CCOCC3)nc2nc1N1CCCCC1)c1cccc(N2CCC(OP(=O)(O)O)C2)n1. The van der Waals surface area contributed by atoms with Crippen LogP contribution in [0.5, 0.6) is 0 Å². The van der Waals surface area contributed by atoms with Crippen LogP contribution in [-0.4, -0.2) is 89.2 Å². The van der Waals surface area contributed by atoms with Gasteiger partial charge in [0, 0.05) is 39.3 Å². The first-order valence-corrected chi connectivity index (χ1v) is 15.8. The van der Waals surface area contributed by atoms with E-state index in [0.717, 1.165) is 48.9 Å². The number of carbonyl (C=O) groups is 1. The van der Waals surface area contributed by atoms with Gasteiger partial charge in [-0.05, 0) is 43.9 Å². The second-order valence-corrected chi connectivity index (χ2v) is 12.3. The summed E-state index contributed by atoms with van der Waals surface area (Å²) in [5.74, 6) is 0.904. The number of amides is 1. The van der Waals surface area contributed by atoms with E-state index in [9.17, 15) is 9.36 Å². The third-order valence-corrected chi connectivity index (χ3v) is 8.88. The summed E-state index contributed by atoms with van der Waals surface area (Å²) in [6, 6.07) is 7.13. The number of nitrogens with one attached hydrogen (secondary N) is 1. The van der Waals surface area contributed by atoms with Crippen molar-refractivity contribution >= 4 is 57.9 Å². The second kappa shape index (κ2) is 11.6. The summed E-state index contributed by atoms with van der Waals surface area (Å²) in [5.41, 5.74) is 1.53. The van der Waals surface area contributed by atoms with Gasteiger partial charge in [0.2, 0.25) is 0 Å². The van der Waals surface area contributed by atoms with Gasteiger partial charge < -0.3 is 34.5 Å². The fraction of sp³-hybridized carbons (Fsp3) is 0.520. The molecule has 0 radical (unpaired) electrons. The third kappa shape index (κ3) is 6.22. The van der Waals surface area contributed by atoms with Gasteiger partial charge in [-0.3, -0.25) is 9.32 Å². The number of ether oxygens (including phenoxy) is 1. The Kier molecular flexibility index (Phi) is 7.89. The zero-order valence-corrected chi connectivity index (χ0v) is 23.6. The van der Waals surface area contributed by atoms with Crippen LogP contribution in [0.4, 0.5) is 22.5 Å². The number of fused-ring (bicyclic) bond motifs is 1. The number of phosphoric acid groups is 1. The van der Waals surface area contributed by atoms with Crippen LogP contribution < -0.4 is 20.0 Å². The fourth-order valence-electron chi connectivity index (χ4n) is 5.30. The van der Waals surface area contributed by atoms with Crippen LogP contribution >= 0.6 is 19.2 Å². The molecule has 6 heterocycles. The number of anilines is 4. The average molecular weight is 590 g/mol. The Hall–Kier alpha value is -2.87. The van der Waals surface area contributed by atoms with E-state index < -0.39 is 13.9 Å². The molecule has 0 aliphatic carbocycles. The minimum absolute atomic E-state index is 0.236. The monoisotopic (exact) mass is 589 g/mol. The molecule has 40 heavy (non-hydrogen) atoms. The first-order valence-electron chi connectivity index (χ1n) is 13.5. The molecule has 6 rings (SSSR count). The van der Waals surface area contributed by atoms with Crippen LogP contribution in [0.2, 0.25) is 0 Å². The van der Waals surface area contributed by atoms with Gasteiger partial charge in [0.1, 0.15) is 11.5 Å². The Morgan fingerprint density at radius 2 is 1.82 bits per heavy atom. The van der Waals surface area contributed by atoms with Crippen LogP contribution in [-0.2, 0) is 13.8 Å². The van der Waals surface area contributed by atoms with Crippen molar-refractivity contribution in [3.8, 4) is 0 Å². The molecule has 15 heteroatoms. The van der Waals surface area contributed by atoms with E-state index in [4.69, 9.17) is 29.0 Å². The molecule has 3 aliphatic heterocycles. The largest absolute Gasteiger partial charge is 0.469 e. The van der Waals surface area contributed by atoms with E-state index in [1.807, 2.05) is 11.0 Å². The predicted molar refractivity (Wildman–Crippen MR) is 152 cm³/mol. The number of phosphoric ester groups is 1. The maximum atomic E-state index is 13.5. The summed E-state index contributed by atoms with van der Waals surface area (Å²) in [6.45, 7) is 5.43. The average Bonchev–Trinajstić information content (AvgIpc) is 3.59. The lowest BCUT2D eigenvalue weighted by Gasteiger charge is -2.29. The lowest BCUT2D eigenvalue weighted by molar-refractivity contribution is 0.102. The van der Waals surface area contributed by atoms with E-state index in [0.29, 0.717) is 49.1 Å². The molecule has 13 nitrogen and oxygen atoms in total. The molecule has 3 aromatic rings. The zero-order chi connectivity index (χ0) is 27.7. The molecule has 0 saturated carbocycles. The van der Waals surface area contributed by atoms with Crippen molar-refractivity contribution in [2.45, 2.75) is 31.8 Å². The number of rotatable bonds is 7. The van der Waals surface area contributed by atoms with Gasteiger partial charge in [-0.1, -0.05) is 17.4 Å². The first-order chi connectivity index (χ1) is 19.3. The lowest BCUT2D eigenvalue weighted by atomic mass is 10.1. The number of nitrogens with zero attached hydrogens (tertiary/aromatic N) is 6. The molecule has 3 aromatic heterocycles. The molecule has 0 bridgehead atoms. The fourth-order valence-corrected chi connectivity index (χ4v) is 6.86. The molecule has 0 aromatic carbocycles. The highest BCUT2D eigenvalue weighted by molar-refractivity contribution is 7.46. The quantitative estimate of drug-likeness (QED) is 0.347. The van der Waals surface area contributed by atoms with Crippen molar-refractivity contribution in [3.05, 3.63) is 30.0 Å². The normalized spacial score (nSPS) is 20.4. The van der Waals surface area contributed by atoms with E-state index >= 15 is 0 Å². The standard InChI is InChI=1S/C25H32N7O6PS/c33-24(18-5-4-6-21(26-18)32-10-7-17(16-32)38-39(34,35)36)27-19-15-20-22(28-23(19)30-8-2-1-3-9-30)29-25(40-20)31-11-13-37-14-12-31/h4-6,15,17H,1-3,7-14,16H2,(H,27,33)(H2,34,35,36). The van der Waals surface area contributed by atoms with Gasteiger partial charge in [-0.25, -0.2) is 14.5 Å². The Balaban J connectivity index is 1.25. The van der Waals surface area contributed by atoms with E-state index in [2.05, 4.69) is 20.1 Å². The lowest BCUT2D eigenvalue weighted by Crippen LogP contribution is -2.36. The van der Waals surface area contributed by atoms with Crippen LogP contribution in [0.25, 0.3) is 10.3 Å². The highest BCUT2D eigenvalue weighted by atomic mass is 32.1. The van der Waals surface area contributed by atoms with E-state index in [-0.39, 0.29) is 18.1 Å². The van der Waals surface area contributed by atoms with Gasteiger partial charge in [-0.15, -0.1) is 0 Å². The van der Waals surface area contributed by atoms with Gasteiger partial charge in [0.05, 0.1) is 29.7 Å². The minimum Gasteiger partial charge on any atom is -0.378 e. The number of hydrogen-bond donors (Lipinski definition) is 3. The number of morpholine rings is 1. The van der Waals surface area contributed by atoms with Gasteiger partial charge in [-0.2, -0.15) is 4.98 Å². The summed E-state index contributed by atoms with van der Waals surface area (Å²) >= 11 is 1.56. The van der Waals surface area contributed by atoms with Gasteiger partial charge >= 0.3 is 7.82 Å². The van der Waals surface area contributed by atoms with Crippen molar-refractivity contribution in [3.63, 3.8) is 0 Å². The van der Waals surface area contributed by atoms with Crippen LogP contribution in [0, 0.1) is 0 Å². The number of piperidine rings is 1. The summed E-state index contributed by atoms with van der Waals surface area (Å²) in [5, 5.41) is 3.96. The highest BCUT2D eigenvalue weighted by Gasteiger charge is 2.30. The highest BCUT2D eigenvalue weighted by Crippen LogP contribution is 2.40. The number of hydrogen-bond acceptors (Lipinski definition) is 11. The van der Waals surface area contributed by atoms with Crippen LogP contribution in [0.1, 0.15) is 36.2 Å².